The minimum absolute atomic E-state index is 0.00309. The fourth-order valence-corrected chi connectivity index (χ4v) is 6.90. The maximum absolute atomic E-state index is 13.7. The summed E-state index contributed by atoms with van der Waals surface area (Å²) in [7, 11) is -0.305. The molecule has 3 heterocycles. The third-order valence-corrected chi connectivity index (χ3v) is 9.42. The molecule has 9 heteroatoms. The van der Waals surface area contributed by atoms with E-state index in [9.17, 15) is 13.2 Å². The van der Waals surface area contributed by atoms with Crippen molar-refractivity contribution in [3.63, 3.8) is 0 Å². The molecule has 1 fully saturated rings. The summed E-state index contributed by atoms with van der Waals surface area (Å²) in [6.45, 7) is 2.22. The molecule has 0 atom stereocenters. The highest BCUT2D eigenvalue weighted by molar-refractivity contribution is 9.10. The average molecular weight is 582 g/mol. The summed E-state index contributed by atoms with van der Waals surface area (Å²) < 4.78 is 29.6. The first-order valence-electron chi connectivity index (χ1n) is 12.2. The zero-order valence-corrected chi connectivity index (χ0v) is 23.2. The lowest BCUT2D eigenvalue weighted by molar-refractivity contribution is 0.0827. The molecule has 0 bridgehead atoms. The van der Waals surface area contributed by atoms with Crippen molar-refractivity contribution in [2.75, 3.05) is 27.2 Å². The van der Waals surface area contributed by atoms with Gasteiger partial charge in [0, 0.05) is 42.3 Å². The number of likely N-dealkylation sites (tertiary alicyclic amines) is 1. The highest BCUT2D eigenvalue weighted by atomic mass is 79.9. The lowest BCUT2D eigenvalue weighted by Crippen LogP contribution is -2.33. The van der Waals surface area contributed by atoms with Gasteiger partial charge in [-0.25, -0.2) is 17.4 Å². The zero-order valence-electron chi connectivity index (χ0n) is 20.8. The molecule has 0 spiro atoms. The van der Waals surface area contributed by atoms with Crippen LogP contribution in [0.15, 0.2) is 82.3 Å². The predicted octanol–water partition coefficient (Wildman–Crippen LogP) is 5.12. The van der Waals surface area contributed by atoms with Crippen LogP contribution < -0.4 is 0 Å². The Morgan fingerprint density at radius 3 is 2.35 bits per heavy atom. The number of benzene rings is 2. The summed E-state index contributed by atoms with van der Waals surface area (Å²) in [4.78, 5) is 20.8. The van der Waals surface area contributed by atoms with Crippen LogP contribution >= 0.6 is 15.9 Å². The molecule has 4 aromatic rings. The van der Waals surface area contributed by atoms with Crippen LogP contribution in [0.4, 0.5) is 0 Å². The van der Waals surface area contributed by atoms with E-state index in [1.807, 2.05) is 24.3 Å². The van der Waals surface area contributed by atoms with Gasteiger partial charge in [0.2, 0.25) is 0 Å². The van der Waals surface area contributed by atoms with E-state index in [0.717, 1.165) is 35.8 Å². The number of hydrogen-bond acceptors (Lipinski definition) is 5. The van der Waals surface area contributed by atoms with Gasteiger partial charge in [-0.3, -0.25) is 9.69 Å². The van der Waals surface area contributed by atoms with Crippen LogP contribution in [-0.2, 0) is 16.6 Å². The number of rotatable bonds is 6. The Hall–Kier alpha value is -3.01. The summed E-state index contributed by atoms with van der Waals surface area (Å²) >= 11 is 3.56. The SMILES string of the molecule is CN(C)C(=O)c1ccc(C2CCN(Cc3cc4c(Br)ccnc4n3S(=O)(=O)c3ccccc3)CC2)cc1. The number of aromatic nitrogens is 2. The first kappa shape index (κ1) is 25.6. The second-order valence-corrected chi connectivity index (χ2v) is 12.3. The van der Waals surface area contributed by atoms with Crippen molar-refractivity contribution in [2.45, 2.75) is 30.2 Å². The summed E-state index contributed by atoms with van der Waals surface area (Å²) in [5.41, 5.74) is 3.06. The molecule has 2 aromatic carbocycles. The molecule has 0 unspecified atom stereocenters. The van der Waals surface area contributed by atoms with Crippen LogP contribution in [-0.4, -0.2) is 60.3 Å². The van der Waals surface area contributed by atoms with E-state index in [2.05, 4.69) is 37.9 Å². The lowest BCUT2D eigenvalue weighted by Gasteiger charge is -2.32. The zero-order chi connectivity index (χ0) is 26.2. The molecule has 5 rings (SSSR count). The number of hydrogen-bond donors (Lipinski definition) is 0. The molecule has 0 radical (unpaired) electrons. The number of halogens is 1. The van der Waals surface area contributed by atoms with Crippen molar-refractivity contribution in [3.8, 4) is 0 Å². The van der Waals surface area contributed by atoms with Crippen LogP contribution in [0.25, 0.3) is 11.0 Å². The number of fused-ring (bicyclic) bond motifs is 1. The fourth-order valence-electron chi connectivity index (χ4n) is 4.98. The van der Waals surface area contributed by atoms with E-state index in [4.69, 9.17) is 0 Å². The molecule has 1 amide bonds. The predicted molar refractivity (Wildman–Crippen MR) is 148 cm³/mol. The highest BCUT2D eigenvalue weighted by Gasteiger charge is 2.27. The van der Waals surface area contributed by atoms with Crippen molar-refractivity contribution in [2.24, 2.45) is 0 Å². The van der Waals surface area contributed by atoms with Gasteiger partial charge in [0.1, 0.15) is 0 Å². The van der Waals surface area contributed by atoms with Crippen LogP contribution in [0.5, 0.6) is 0 Å². The molecule has 1 saturated heterocycles. The van der Waals surface area contributed by atoms with E-state index in [-0.39, 0.29) is 10.8 Å². The highest BCUT2D eigenvalue weighted by Crippen LogP contribution is 2.32. The van der Waals surface area contributed by atoms with Gasteiger partial charge in [-0.2, -0.15) is 0 Å². The molecule has 0 saturated carbocycles. The van der Waals surface area contributed by atoms with Gasteiger partial charge in [0.05, 0.1) is 10.6 Å². The molecular formula is C28H29BrN4O3S. The number of carbonyl (C=O) groups excluding carboxylic acids is 1. The Bertz CT molecular complexity index is 1530. The quantitative estimate of drug-likeness (QED) is 0.316. The molecule has 2 aromatic heterocycles. The second-order valence-electron chi connectivity index (χ2n) is 9.62. The van der Waals surface area contributed by atoms with Crippen molar-refractivity contribution in [1.29, 1.82) is 0 Å². The fraction of sp³-hybridized carbons (Fsp3) is 0.286. The average Bonchev–Trinajstić information content (AvgIpc) is 3.29. The first-order valence-corrected chi connectivity index (χ1v) is 14.5. The molecule has 1 aliphatic heterocycles. The maximum atomic E-state index is 13.7. The Morgan fingerprint density at radius 1 is 1.03 bits per heavy atom. The van der Waals surface area contributed by atoms with E-state index in [1.54, 1.807) is 55.5 Å². The van der Waals surface area contributed by atoms with Crippen molar-refractivity contribution >= 4 is 42.9 Å². The third kappa shape index (κ3) is 5.08. The summed E-state index contributed by atoms with van der Waals surface area (Å²) in [6.07, 6.45) is 3.55. The standard InChI is InChI=1S/C28H29BrN4O3S/c1-31(2)28(34)22-10-8-20(9-11-22)21-13-16-32(17-14-21)19-23-18-25-26(29)12-15-30-27(25)33(23)37(35,36)24-6-4-3-5-7-24/h3-12,15,18,21H,13-14,16-17,19H2,1-2H3. The Morgan fingerprint density at radius 2 is 1.70 bits per heavy atom. The topological polar surface area (TPSA) is 75.5 Å². The number of pyridine rings is 1. The first-order chi connectivity index (χ1) is 17.8. The number of piperidine rings is 1. The van der Waals surface area contributed by atoms with E-state index in [0.29, 0.717) is 29.4 Å². The second kappa shape index (κ2) is 10.4. The largest absolute Gasteiger partial charge is 0.345 e. The monoisotopic (exact) mass is 580 g/mol. The smallest absolute Gasteiger partial charge is 0.269 e. The summed E-state index contributed by atoms with van der Waals surface area (Å²) in [5.74, 6) is 0.415. The third-order valence-electron chi connectivity index (χ3n) is 6.97. The molecule has 7 nitrogen and oxygen atoms in total. The van der Waals surface area contributed by atoms with Crippen LogP contribution in [0.3, 0.4) is 0 Å². The molecule has 0 aliphatic carbocycles. The van der Waals surface area contributed by atoms with Crippen molar-refractivity contribution < 1.29 is 13.2 Å². The summed E-state index contributed by atoms with van der Waals surface area (Å²) in [6, 6.07) is 20.2. The van der Waals surface area contributed by atoms with E-state index >= 15 is 0 Å². The minimum Gasteiger partial charge on any atom is -0.345 e. The minimum atomic E-state index is -3.82. The number of amides is 1. The van der Waals surface area contributed by atoms with Crippen molar-refractivity contribution in [3.05, 3.63) is 94.2 Å². The van der Waals surface area contributed by atoms with Gasteiger partial charge in [0.25, 0.3) is 15.9 Å². The van der Waals surface area contributed by atoms with Crippen LogP contribution in [0.2, 0.25) is 0 Å². The van der Waals surface area contributed by atoms with Gasteiger partial charge in [-0.15, -0.1) is 0 Å². The van der Waals surface area contributed by atoms with Crippen LogP contribution in [0.1, 0.15) is 40.4 Å². The normalized spacial score (nSPS) is 15.2. The maximum Gasteiger partial charge on any atom is 0.269 e. The van der Waals surface area contributed by atoms with Gasteiger partial charge in [0.15, 0.2) is 5.65 Å². The van der Waals surface area contributed by atoms with E-state index in [1.165, 1.54) is 9.54 Å². The molecule has 1 aliphatic rings. The van der Waals surface area contributed by atoms with Crippen molar-refractivity contribution in [1.82, 2.24) is 18.8 Å². The number of carbonyl (C=O) groups is 1. The molecule has 192 valence electrons. The van der Waals surface area contributed by atoms with Gasteiger partial charge in [-0.1, -0.05) is 30.3 Å². The molecular weight excluding hydrogens is 552 g/mol. The Labute approximate surface area is 225 Å². The Kier molecular flexibility index (Phi) is 7.20. The molecule has 37 heavy (non-hydrogen) atoms. The Balaban J connectivity index is 1.37. The number of nitrogens with zero attached hydrogens (tertiary/aromatic N) is 4. The van der Waals surface area contributed by atoms with Gasteiger partial charge < -0.3 is 4.90 Å². The molecule has 0 N–H and O–H groups in total. The summed E-state index contributed by atoms with van der Waals surface area (Å²) in [5, 5.41) is 0.777. The van der Waals surface area contributed by atoms with Gasteiger partial charge in [-0.05, 0) is 89.7 Å². The van der Waals surface area contributed by atoms with Crippen LogP contribution in [0, 0.1) is 0 Å². The van der Waals surface area contributed by atoms with Gasteiger partial charge >= 0.3 is 0 Å². The van der Waals surface area contributed by atoms with E-state index < -0.39 is 10.0 Å². The lowest BCUT2D eigenvalue weighted by atomic mass is 9.89.